The summed E-state index contributed by atoms with van der Waals surface area (Å²) in [7, 11) is 1.31. The molecule has 1 aromatic heterocycles. The molecule has 1 unspecified atom stereocenters. The van der Waals surface area contributed by atoms with E-state index in [9.17, 15) is 24.8 Å². The molecule has 1 atom stereocenters. The fourth-order valence-corrected chi connectivity index (χ4v) is 2.00. The molecule has 132 valence electrons. The number of carbonyl (C=O) groups is 2. The van der Waals surface area contributed by atoms with Gasteiger partial charge in [-0.2, -0.15) is 0 Å². The van der Waals surface area contributed by atoms with Crippen LogP contribution >= 0.6 is 0 Å². The molecule has 0 aliphatic rings. The van der Waals surface area contributed by atoms with Gasteiger partial charge in [-0.1, -0.05) is 11.3 Å². The maximum Gasteiger partial charge on any atom is 0.331 e. The number of hydrogen-bond acceptors (Lipinski definition) is 7. The Morgan fingerprint density at radius 3 is 2.80 bits per heavy atom. The second kappa shape index (κ2) is 7.05. The molecular formula is C14H15N5O6. The monoisotopic (exact) mass is 349 g/mol. The number of aliphatic carboxylic acids is 1. The van der Waals surface area contributed by atoms with Gasteiger partial charge in [-0.15, -0.1) is 5.10 Å². The minimum Gasteiger partial charge on any atom is -0.479 e. The topological polar surface area (TPSA) is 149 Å². The van der Waals surface area contributed by atoms with Crippen molar-refractivity contribution in [2.24, 2.45) is 0 Å². The van der Waals surface area contributed by atoms with Crippen LogP contribution in [0.1, 0.15) is 17.4 Å². The van der Waals surface area contributed by atoms with E-state index in [1.165, 1.54) is 43.1 Å². The zero-order chi connectivity index (χ0) is 18.6. The predicted molar refractivity (Wildman–Crippen MR) is 83.4 cm³/mol. The molecule has 1 heterocycles. The first-order valence-electron chi connectivity index (χ1n) is 6.99. The standard InChI is InChI=1S/C14H15N5O6/c1-14(8-25-2,13(21)22)15-12(20)11-7-18(17-16-11)9-4-3-5-10(6-9)19(23)24/h3-7H,8H2,1-2H3,(H,15,20)(H,21,22). The number of nitrogens with zero attached hydrogens (tertiary/aromatic N) is 4. The van der Waals surface area contributed by atoms with Crippen molar-refractivity contribution in [1.82, 2.24) is 20.3 Å². The molecule has 2 rings (SSSR count). The van der Waals surface area contributed by atoms with Gasteiger partial charge >= 0.3 is 5.97 Å². The number of methoxy groups -OCH3 is 1. The molecule has 0 saturated carbocycles. The second-order valence-electron chi connectivity index (χ2n) is 5.35. The van der Waals surface area contributed by atoms with Gasteiger partial charge in [0, 0.05) is 19.2 Å². The Bertz CT molecular complexity index is 820. The Morgan fingerprint density at radius 1 is 1.48 bits per heavy atom. The Morgan fingerprint density at radius 2 is 2.20 bits per heavy atom. The first kappa shape index (κ1) is 18.0. The third-order valence-electron chi connectivity index (χ3n) is 3.33. The number of aromatic nitrogens is 3. The Labute approximate surface area is 141 Å². The molecule has 2 aromatic rings. The van der Waals surface area contributed by atoms with Gasteiger partial charge in [0.25, 0.3) is 11.6 Å². The molecule has 11 heteroatoms. The normalized spacial score (nSPS) is 13.0. The number of benzene rings is 1. The molecule has 0 aliphatic heterocycles. The van der Waals surface area contributed by atoms with Crippen LogP contribution in [0.5, 0.6) is 0 Å². The maximum atomic E-state index is 12.2. The van der Waals surface area contributed by atoms with Crippen molar-refractivity contribution in [3.63, 3.8) is 0 Å². The van der Waals surface area contributed by atoms with Gasteiger partial charge < -0.3 is 15.2 Å². The molecule has 0 radical (unpaired) electrons. The van der Waals surface area contributed by atoms with E-state index in [-0.39, 0.29) is 18.0 Å². The fourth-order valence-electron chi connectivity index (χ4n) is 2.00. The summed E-state index contributed by atoms with van der Waals surface area (Å²) in [6.45, 7) is 1.05. The quantitative estimate of drug-likeness (QED) is 0.538. The van der Waals surface area contributed by atoms with Gasteiger partial charge in [-0.05, 0) is 13.0 Å². The highest BCUT2D eigenvalue weighted by Gasteiger charge is 2.36. The molecule has 1 aromatic carbocycles. The number of nitro groups is 1. The lowest BCUT2D eigenvalue weighted by Crippen LogP contribution is -2.55. The number of nitrogens with one attached hydrogen (secondary N) is 1. The van der Waals surface area contributed by atoms with Gasteiger partial charge in [-0.3, -0.25) is 14.9 Å². The van der Waals surface area contributed by atoms with Gasteiger partial charge in [0.05, 0.1) is 23.4 Å². The number of nitro benzene ring substituents is 1. The number of amides is 1. The van der Waals surface area contributed by atoms with E-state index >= 15 is 0 Å². The Hall–Kier alpha value is -3.34. The van der Waals surface area contributed by atoms with E-state index in [1.807, 2.05) is 0 Å². The Kier molecular flexibility index (Phi) is 5.08. The third-order valence-corrected chi connectivity index (χ3v) is 3.33. The van der Waals surface area contributed by atoms with Crippen LogP contribution in [0.15, 0.2) is 30.5 Å². The average Bonchev–Trinajstić information content (AvgIpc) is 3.05. The number of carboxylic acid groups (broad SMARTS) is 1. The summed E-state index contributed by atoms with van der Waals surface area (Å²) in [5, 5.41) is 29.8. The van der Waals surface area contributed by atoms with Crippen LogP contribution < -0.4 is 5.32 Å². The number of non-ortho nitro benzene ring substituents is 1. The number of rotatable bonds is 7. The summed E-state index contributed by atoms with van der Waals surface area (Å²) in [6.07, 6.45) is 1.24. The second-order valence-corrected chi connectivity index (χ2v) is 5.35. The van der Waals surface area contributed by atoms with Crippen molar-refractivity contribution in [1.29, 1.82) is 0 Å². The molecule has 0 saturated heterocycles. The lowest BCUT2D eigenvalue weighted by Gasteiger charge is -2.24. The van der Waals surface area contributed by atoms with Crippen LogP contribution in [0.3, 0.4) is 0 Å². The molecular weight excluding hydrogens is 334 g/mol. The van der Waals surface area contributed by atoms with Gasteiger partial charge in [-0.25, -0.2) is 9.48 Å². The van der Waals surface area contributed by atoms with Crippen LogP contribution in [0, 0.1) is 10.1 Å². The summed E-state index contributed by atoms with van der Waals surface area (Å²) < 4.78 is 5.99. The summed E-state index contributed by atoms with van der Waals surface area (Å²) in [4.78, 5) is 33.8. The number of hydrogen-bond donors (Lipinski definition) is 2. The fraction of sp³-hybridized carbons (Fsp3) is 0.286. The minimum atomic E-state index is -1.64. The van der Waals surface area contributed by atoms with Gasteiger partial charge in [0.15, 0.2) is 11.2 Å². The smallest absolute Gasteiger partial charge is 0.331 e. The number of carbonyl (C=O) groups excluding carboxylic acids is 1. The average molecular weight is 349 g/mol. The van der Waals surface area contributed by atoms with Gasteiger partial charge in [0.2, 0.25) is 0 Å². The minimum absolute atomic E-state index is 0.141. The van der Waals surface area contributed by atoms with Crippen LogP contribution in [-0.4, -0.2) is 56.2 Å². The van der Waals surface area contributed by atoms with Crippen molar-refractivity contribution in [3.8, 4) is 5.69 Å². The van der Waals surface area contributed by atoms with E-state index in [4.69, 9.17) is 4.74 Å². The van der Waals surface area contributed by atoms with Gasteiger partial charge in [0.1, 0.15) is 0 Å². The molecule has 0 fully saturated rings. The zero-order valence-corrected chi connectivity index (χ0v) is 13.4. The maximum absolute atomic E-state index is 12.2. The van der Waals surface area contributed by atoms with E-state index in [1.54, 1.807) is 6.07 Å². The lowest BCUT2D eigenvalue weighted by atomic mass is 10.0. The zero-order valence-electron chi connectivity index (χ0n) is 13.4. The van der Waals surface area contributed by atoms with Crippen molar-refractivity contribution in [3.05, 3.63) is 46.3 Å². The van der Waals surface area contributed by atoms with E-state index in [0.29, 0.717) is 5.69 Å². The molecule has 0 aliphatic carbocycles. The molecule has 2 N–H and O–H groups in total. The molecule has 0 spiro atoms. The summed E-state index contributed by atoms with van der Waals surface area (Å²) in [6, 6.07) is 5.60. The highest BCUT2D eigenvalue weighted by atomic mass is 16.6. The molecule has 1 amide bonds. The van der Waals surface area contributed by atoms with E-state index in [0.717, 1.165) is 0 Å². The summed E-state index contributed by atoms with van der Waals surface area (Å²) >= 11 is 0. The first-order valence-corrected chi connectivity index (χ1v) is 6.99. The highest BCUT2D eigenvalue weighted by Crippen LogP contribution is 2.16. The predicted octanol–water partition coefficient (Wildman–Crippen LogP) is 0.395. The summed E-state index contributed by atoms with van der Waals surface area (Å²) in [5.74, 6) is -2.03. The van der Waals surface area contributed by atoms with Crippen molar-refractivity contribution in [2.75, 3.05) is 13.7 Å². The van der Waals surface area contributed by atoms with Crippen molar-refractivity contribution < 1.29 is 24.4 Å². The molecule has 25 heavy (non-hydrogen) atoms. The number of carboxylic acids is 1. The largest absolute Gasteiger partial charge is 0.479 e. The van der Waals surface area contributed by atoms with Crippen molar-refractivity contribution >= 4 is 17.6 Å². The SMILES string of the molecule is COCC(C)(NC(=O)c1cn(-c2cccc([N+](=O)[O-])c2)nn1)C(=O)O. The van der Waals surface area contributed by atoms with Crippen LogP contribution in [-0.2, 0) is 9.53 Å². The van der Waals surface area contributed by atoms with Crippen LogP contribution in [0.2, 0.25) is 0 Å². The van der Waals surface area contributed by atoms with Crippen LogP contribution in [0.4, 0.5) is 5.69 Å². The number of ether oxygens (including phenoxy) is 1. The molecule has 11 nitrogen and oxygen atoms in total. The molecule has 0 bridgehead atoms. The van der Waals surface area contributed by atoms with Crippen molar-refractivity contribution in [2.45, 2.75) is 12.5 Å². The van der Waals surface area contributed by atoms with E-state index < -0.39 is 22.3 Å². The van der Waals surface area contributed by atoms with E-state index in [2.05, 4.69) is 15.6 Å². The first-order chi connectivity index (χ1) is 11.8. The summed E-state index contributed by atoms with van der Waals surface area (Å²) in [5.41, 5.74) is -1.59. The third kappa shape index (κ3) is 3.95. The Balaban J connectivity index is 2.23. The lowest BCUT2D eigenvalue weighted by molar-refractivity contribution is -0.384. The van der Waals surface area contributed by atoms with Crippen LogP contribution in [0.25, 0.3) is 5.69 Å². The highest BCUT2D eigenvalue weighted by molar-refractivity contribution is 5.96.